The second-order valence-corrected chi connectivity index (χ2v) is 7.67. The van der Waals surface area contributed by atoms with Gasteiger partial charge in [0.1, 0.15) is 0 Å². The van der Waals surface area contributed by atoms with Gasteiger partial charge in [0.2, 0.25) is 0 Å². The number of benzene rings is 2. The standard InChI is InChI=1S/C25H28FN/c26-18-4-2-1-3-5-20-6-10-22(11-7-20)24-14-16-25(17-15-24)23-12-8-21(19-27)9-13-23/h4,8-9,12-18,20,22H,1-3,5-7,10-11H2. The van der Waals surface area contributed by atoms with Crippen molar-refractivity contribution < 1.29 is 4.39 Å². The lowest BCUT2D eigenvalue weighted by Gasteiger charge is -2.29. The number of halogens is 1. The molecule has 2 aromatic rings. The van der Waals surface area contributed by atoms with Crippen LogP contribution in [0.3, 0.4) is 0 Å². The number of nitrogens with zero attached hydrogens (tertiary/aromatic N) is 1. The number of unbranched alkanes of at least 4 members (excludes halogenated alkanes) is 2. The quantitative estimate of drug-likeness (QED) is 0.467. The summed E-state index contributed by atoms with van der Waals surface area (Å²) in [6, 6.07) is 18.9. The SMILES string of the molecule is N#Cc1ccc(-c2ccc(C3CCC(CCCCC=CF)CC3)cc2)cc1. The van der Waals surface area contributed by atoms with Crippen molar-refractivity contribution in [2.24, 2.45) is 5.92 Å². The molecule has 2 heteroatoms. The van der Waals surface area contributed by atoms with Gasteiger partial charge in [-0.2, -0.15) is 5.26 Å². The van der Waals surface area contributed by atoms with Crippen LogP contribution in [0.2, 0.25) is 0 Å². The van der Waals surface area contributed by atoms with Crippen molar-refractivity contribution in [3.8, 4) is 17.2 Å². The highest BCUT2D eigenvalue weighted by atomic mass is 19.1. The molecule has 1 aliphatic rings. The molecule has 0 saturated heterocycles. The average Bonchev–Trinajstić information content (AvgIpc) is 2.74. The third kappa shape index (κ3) is 5.54. The van der Waals surface area contributed by atoms with Gasteiger partial charge in [-0.25, -0.2) is 4.39 Å². The molecule has 0 spiro atoms. The Labute approximate surface area is 162 Å². The highest BCUT2D eigenvalue weighted by Gasteiger charge is 2.22. The molecule has 1 fully saturated rings. The van der Waals surface area contributed by atoms with Gasteiger partial charge in [0.25, 0.3) is 0 Å². The lowest BCUT2D eigenvalue weighted by Crippen LogP contribution is -2.13. The fourth-order valence-corrected chi connectivity index (χ4v) is 4.23. The molecule has 0 unspecified atom stereocenters. The van der Waals surface area contributed by atoms with Crippen molar-refractivity contribution in [3.05, 3.63) is 72.1 Å². The minimum absolute atomic E-state index is 0.665. The van der Waals surface area contributed by atoms with Crippen LogP contribution in [0.1, 0.15) is 68.4 Å². The molecule has 27 heavy (non-hydrogen) atoms. The molecule has 0 N–H and O–H groups in total. The van der Waals surface area contributed by atoms with E-state index in [1.54, 1.807) is 6.08 Å². The van der Waals surface area contributed by atoms with E-state index in [1.165, 1.54) is 49.7 Å². The molecule has 2 aromatic carbocycles. The molecule has 140 valence electrons. The number of nitriles is 1. The van der Waals surface area contributed by atoms with E-state index in [1.807, 2.05) is 24.3 Å². The van der Waals surface area contributed by atoms with Crippen molar-refractivity contribution in [1.29, 1.82) is 5.26 Å². The van der Waals surface area contributed by atoms with Crippen LogP contribution in [-0.2, 0) is 0 Å². The fraction of sp³-hybridized carbons (Fsp3) is 0.400. The van der Waals surface area contributed by atoms with Gasteiger partial charge in [-0.05, 0) is 79.2 Å². The van der Waals surface area contributed by atoms with Gasteiger partial charge < -0.3 is 0 Å². The number of allylic oxidation sites excluding steroid dienone is 1. The van der Waals surface area contributed by atoms with E-state index in [-0.39, 0.29) is 0 Å². The smallest absolute Gasteiger partial charge is 0.0991 e. The Morgan fingerprint density at radius 1 is 0.889 bits per heavy atom. The first-order chi connectivity index (χ1) is 13.3. The largest absolute Gasteiger partial charge is 0.216 e. The molecule has 0 aromatic heterocycles. The third-order valence-corrected chi connectivity index (χ3v) is 5.90. The lowest BCUT2D eigenvalue weighted by molar-refractivity contribution is 0.303. The molecule has 1 aliphatic carbocycles. The zero-order valence-corrected chi connectivity index (χ0v) is 15.9. The molecule has 1 nitrogen and oxygen atoms in total. The number of rotatable bonds is 7. The number of hydrogen-bond donors (Lipinski definition) is 0. The summed E-state index contributed by atoms with van der Waals surface area (Å²) in [5, 5.41) is 8.91. The summed E-state index contributed by atoms with van der Waals surface area (Å²) >= 11 is 0. The van der Waals surface area contributed by atoms with Crippen LogP contribution in [0, 0.1) is 17.2 Å². The number of hydrogen-bond acceptors (Lipinski definition) is 1. The van der Waals surface area contributed by atoms with Crippen LogP contribution < -0.4 is 0 Å². The van der Waals surface area contributed by atoms with Gasteiger partial charge in [0, 0.05) is 0 Å². The highest BCUT2D eigenvalue weighted by Crippen LogP contribution is 2.38. The molecule has 1 saturated carbocycles. The summed E-state index contributed by atoms with van der Waals surface area (Å²) in [5.74, 6) is 1.54. The van der Waals surface area contributed by atoms with E-state index in [0.29, 0.717) is 17.8 Å². The van der Waals surface area contributed by atoms with E-state index >= 15 is 0 Å². The maximum absolute atomic E-state index is 11.9. The lowest BCUT2D eigenvalue weighted by atomic mass is 9.77. The van der Waals surface area contributed by atoms with Gasteiger partial charge >= 0.3 is 0 Å². The Morgan fingerprint density at radius 2 is 1.52 bits per heavy atom. The summed E-state index contributed by atoms with van der Waals surface area (Å²) < 4.78 is 11.9. The highest BCUT2D eigenvalue weighted by molar-refractivity contribution is 5.64. The summed E-state index contributed by atoms with van der Waals surface area (Å²) in [6.07, 6.45) is 12.0. The first kappa shape index (κ1) is 19.4. The molecule has 0 aliphatic heterocycles. The summed E-state index contributed by atoms with van der Waals surface area (Å²) in [4.78, 5) is 0. The molecular formula is C25H28FN. The van der Waals surface area contributed by atoms with Gasteiger partial charge in [0.05, 0.1) is 18.0 Å². The van der Waals surface area contributed by atoms with Crippen LogP contribution >= 0.6 is 0 Å². The molecule has 0 bridgehead atoms. The van der Waals surface area contributed by atoms with Crippen LogP contribution in [0.25, 0.3) is 11.1 Å². The molecule has 3 rings (SSSR count). The van der Waals surface area contributed by atoms with E-state index in [4.69, 9.17) is 5.26 Å². The van der Waals surface area contributed by atoms with Gasteiger partial charge in [-0.15, -0.1) is 0 Å². The predicted molar refractivity (Wildman–Crippen MR) is 110 cm³/mol. The maximum atomic E-state index is 11.9. The molecular weight excluding hydrogens is 333 g/mol. The zero-order chi connectivity index (χ0) is 18.9. The molecule has 0 atom stereocenters. The van der Waals surface area contributed by atoms with Gasteiger partial charge in [0.15, 0.2) is 0 Å². The van der Waals surface area contributed by atoms with Crippen molar-refractivity contribution in [3.63, 3.8) is 0 Å². The van der Waals surface area contributed by atoms with E-state index in [9.17, 15) is 4.39 Å². The van der Waals surface area contributed by atoms with Crippen molar-refractivity contribution >= 4 is 0 Å². The zero-order valence-electron chi connectivity index (χ0n) is 15.9. The minimum atomic E-state index is 0.665. The summed E-state index contributed by atoms with van der Waals surface area (Å²) in [6.45, 7) is 0. The fourth-order valence-electron chi connectivity index (χ4n) is 4.23. The van der Waals surface area contributed by atoms with Crippen molar-refractivity contribution in [2.45, 2.75) is 57.3 Å². The Kier molecular flexibility index (Phi) is 7.22. The molecule has 0 radical (unpaired) electrons. The Bertz CT molecular complexity index is 759. The van der Waals surface area contributed by atoms with Crippen LogP contribution in [-0.4, -0.2) is 0 Å². The van der Waals surface area contributed by atoms with Crippen molar-refractivity contribution in [1.82, 2.24) is 0 Å². The molecule has 0 heterocycles. The topological polar surface area (TPSA) is 23.8 Å². The summed E-state index contributed by atoms with van der Waals surface area (Å²) in [7, 11) is 0. The first-order valence-corrected chi connectivity index (χ1v) is 10.2. The Balaban J connectivity index is 1.49. The van der Waals surface area contributed by atoms with E-state index < -0.39 is 0 Å². The Morgan fingerprint density at radius 3 is 2.11 bits per heavy atom. The maximum Gasteiger partial charge on any atom is 0.0991 e. The van der Waals surface area contributed by atoms with Crippen LogP contribution in [0.15, 0.2) is 60.9 Å². The van der Waals surface area contributed by atoms with E-state index in [0.717, 1.165) is 24.3 Å². The van der Waals surface area contributed by atoms with Crippen molar-refractivity contribution in [2.75, 3.05) is 0 Å². The van der Waals surface area contributed by atoms with Crippen LogP contribution in [0.5, 0.6) is 0 Å². The first-order valence-electron chi connectivity index (χ1n) is 10.2. The second kappa shape index (κ2) is 10.1. The van der Waals surface area contributed by atoms with E-state index in [2.05, 4.69) is 30.3 Å². The van der Waals surface area contributed by atoms with Crippen LogP contribution in [0.4, 0.5) is 4.39 Å². The second-order valence-electron chi connectivity index (χ2n) is 7.67. The molecule has 0 amide bonds. The monoisotopic (exact) mass is 361 g/mol. The third-order valence-electron chi connectivity index (χ3n) is 5.90. The van der Waals surface area contributed by atoms with Gasteiger partial charge in [-0.3, -0.25) is 0 Å². The average molecular weight is 362 g/mol. The summed E-state index contributed by atoms with van der Waals surface area (Å²) in [5.41, 5.74) is 4.52. The minimum Gasteiger partial charge on any atom is -0.216 e. The Hall–Kier alpha value is -2.40. The van der Waals surface area contributed by atoms with Gasteiger partial charge in [-0.1, -0.05) is 55.3 Å². The normalized spacial score (nSPS) is 19.9. The predicted octanol–water partition coefficient (Wildman–Crippen LogP) is 7.54.